The standard InChI is InChI=1S/C23H18ClFN4O/c24-17-7-3-16(4-8-17)20-14-22-26-19(15-5-9-18(25)10-6-15)13-21(29(22)27-20)23(30)28-11-1-2-12-28/h3-10,13-14H,1-2,11-12H2. The molecule has 0 radical (unpaired) electrons. The SMILES string of the molecule is O=C(c1cc(-c2ccc(F)cc2)nc2cc(-c3ccc(Cl)cc3)nn12)N1CCCC1. The Labute approximate surface area is 177 Å². The van der Waals surface area contributed by atoms with Crippen LogP contribution in [0.25, 0.3) is 28.2 Å². The van der Waals surface area contributed by atoms with E-state index in [1.165, 1.54) is 12.1 Å². The number of hydrogen-bond donors (Lipinski definition) is 0. The number of fused-ring (bicyclic) bond motifs is 1. The topological polar surface area (TPSA) is 50.5 Å². The smallest absolute Gasteiger partial charge is 0.272 e. The number of benzene rings is 2. The molecule has 7 heteroatoms. The summed E-state index contributed by atoms with van der Waals surface area (Å²) in [6.45, 7) is 1.47. The number of nitrogens with zero attached hydrogens (tertiary/aromatic N) is 4. The Bertz CT molecular complexity index is 1230. The average molecular weight is 421 g/mol. The monoisotopic (exact) mass is 420 g/mol. The van der Waals surface area contributed by atoms with Gasteiger partial charge in [-0.3, -0.25) is 4.79 Å². The molecule has 2 aromatic carbocycles. The summed E-state index contributed by atoms with van der Waals surface area (Å²) in [5, 5.41) is 5.30. The minimum absolute atomic E-state index is 0.0750. The predicted octanol–water partition coefficient (Wildman–Crippen LogP) is 5.09. The van der Waals surface area contributed by atoms with Gasteiger partial charge in [0, 0.05) is 35.3 Å². The largest absolute Gasteiger partial charge is 0.337 e. The minimum Gasteiger partial charge on any atom is -0.337 e. The highest BCUT2D eigenvalue weighted by molar-refractivity contribution is 6.30. The molecule has 0 spiro atoms. The number of carbonyl (C=O) groups is 1. The zero-order valence-corrected chi connectivity index (χ0v) is 16.8. The zero-order chi connectivity index (χ0) is 20.7. The molecule has 0 N–H and O–H groups in total. The molecule has 150 valence electrons. The van der Waals surface area contributed by atoms with Crippen LogP contribution >= 0.6 is 11.6 Å². The van der Waals surface area contributed by atoms with Gasteiger partial charge in [-0.05, 0) is 55.3 Å². The lowest BCUT2D eigenvalue weighted by molar-refractivity contribution is 0.0784. The number of amides is 1. The first-order valence-corrected chi connectivity index (χ1v) is 10.2. The van der Waals surface area contributed by atoms with Gasteiger partial charge in [-0.1, -0.05) is 23.7 Å². The van der Waals surface area contributed by atoms with Gasteiger partial charge < -0.3 is 4.90 Å². The first-order valence-electron chi connectivity index (χ1n) is 9.80. The molecule has 30 heavy (non-hydrogen) atoms. The van der Waals surface area contributed by atoms with Crippen LogP contribution < -0.4 is 0 Å². The van der Waals surface area contributed by atoms with E-state index in [2.05, 4.69) is 10.1 Å². The van der Waals surface area contributed by atoms with Crippen molar-refractivity contribution in [3.05, 3.63) is 77.2 Å². The quantitative estimate of drug-likeness (QED) is 0.463. The number of likely N-dealkylation sites (tertiary alicyclic amines) is 1. The molecule has 1 aliphatic heterocycles. The molecule has 0 aliphatic carbocycles. The van der Waals surface area contributed by atoms with Crippen molar-refractivity contribution in [3.8, 4) is 22.5 Å². The van der Waals surface area contributed by atoms with Crippen LogP contribution in [0, 0.1) is 5.82 Å². The van der Waals surface area contributed by atoms with Crippen LogP contribution in [-0.4, -0.2) is 38.5 Å². The fourth-order valence-electron chi connectivity index (χ4n) is 3.74. The van der Waals surface area contributed by atoms with E-state index >= 15 is 0 Å². The van der Waals surface area contributed by atoms with Crippen molar-refractivity contribution in [2.45, 2.75) is 12.8 Å². The molecule has 0 atom stereocenters. The van der Waals surface area contributed by atoms with Crippen molar-refractivity contribution in [1.82, 2.24) is 19.5 Å². The molecule has 1 aliphatic rings. The maximum Gasteiger partial charge on any atom is 0.272 e. The fraction of sp³-hybridized carbons (Fsp3) is 0.174. The van der Waals surface area contributed by atoms with Gasteiger partial charge in [0.2, 0.25) is 0 Å². The fourth-order valence-corrected chi connectivity index (χ4v) is 3.87. The summed E-state index contributed by atoms with van der Waals surface area (Å²) >= 11 is 6.00. The Balaban J connectivity index is 1.67. The van der Waals surface area contributed by atoms with Gasteiger partial charge in [-0.2, -0.15) is 5.10 Å². The van der Waals surface area contributed by atoms with E-state index in [0.29, 0.717) is 27.8 Å². The number of aromatic nitrogens is 3. The lowest BCUT2D eigenvalue weighted by Crippen LogP contribution is -2.29. The summed E-state index contributed by atoms with van der Waals surface area (Å²) in [5.41, 5.74) is 3.93. The van der Waals surface area contributed by atoms with Gasteiger partial charge in [0.25, 0.3) is 5.91 Å². The Morgan fingerprint density at radius 3 is 2.23 bits per heavy atom. The maximum atomic E-state index is 13.4. The molecule has 0 bridgehead atoms. The van der Waals surface area contributed by atoms with Crippen LogP contribution in [0.15, 0.2) is 60.7 Å². The molecule has 4 aromatic rings. The second-order valence-corrected chi connectivity index (χ2v) is 7.78. The van der Waals surface area contributed by atoms with Crippen molar-refractivity contribution in [1.29, 1.82) is 0 Å². The van der Waals surface area contributed by atoms with E-state index in [1.807, 2.05) is 23.1 Å². The lowest BCUT2D eigenvalue weighted by Gasteiger charge is -2.16. The minimum atomic E-state index is -0.317. The first-order chi connectivity index (χ1) is 14.6. The third-order valence-corrected chi connectivity index (χ3v) is 5.57. The van der Waals surface area contributed by atoms with E-state index in [9.17, 15) is 9.18 Å². The third kappa shape index (κ3) is 3.44. The van der Waals surface area contributed by atoms with Crippen molar-refractivity contribution in [2.75, 3.05) is 13.1 Å². The number of carbonyl (C=O) groups excluding carboxylic acids is 1. The van der Waals surface area contributed by atoms with Crippen molar-refractivity contribution < 1.29 is 9.18 Å². The van der Waals surface area contributed by atoms with Gasteiger partial charge in [-0.25, -0.2) is 13.9 Å². The third-order valence-electron chi connectivity index (χ3n) is 5.32. The van der Waals surface area contributed by atoms with Crippen molar-refractivity contribution >= 4 is 23.2 Å². The van der Waals surface area contributed by atoms with Gasteiger partial charge >= 0.3 is 0 Å². The highest BCUT2D eigenvalue weighted by Crippen LogP contribution is 2.26. The average Bonchev–Trinajstić information content (AvgIpc) is 3.43. The van der Waals surface area contributed by atoms with Crippen LogP contribution in [0.1, 0.15) is 23.3 Å². The Hall–Kier alpha value is -3.25. The molecule has 0 unspecified atom stereocenters. The second kappa shape index (κ2) is 7.54. The van der Waals surface area contributed by atoms with E-state index in [1.54, 1.807) is 34.8 Å². The molecule has 1 saturated heterocycles. The summed E-state index contributed by atoms with van der Waals surface area (Å²) in [7, 11) is 0. The van der Waals surface area contributed by atoms with E-state index in [0.717, 1.165) is 37.1 Å². The van der Waals surface area contributed by atoms with Crippen LogP contribution in [-0.2, 0) is 0 Å². The van der Waals surface area contributed by atoms with Crippen molar-refractivity contribution in [3.63, 3.8) is 0 Å². The van der Waals surface area contributed by atoms with Gasteiger partial charge in [0.05, 0.1) is 11.4 Å². The predicted molar refractivity (Wildman–Crippen MR) is 114 cm³/mol. The Morgan fingerprint density at radius 2 is 1.53 bits per heavy atom. The van der Waals surface area contributed by atoms with Crippen LogP contribution in [0.3, 0.4) is 0 Å². The number of hydrogen-bond acceptors (Lipinski definition) is 3. The summed E-state index contributed by atoms with van der Waals surface area (Å²) < 4.78 is 15.0. The molecule has 3 heterocycles. The van der Waals surface area contributed by atoms with Gasteiger partial charge in [0.15, 0.2) is 5.65 Å². The van der Waals surface area contributed by atoms with E-state index < -0.39 is 0 Å². The highest BCUT2D eigenvalue weighted by atomic mass is 35.5. The van der Waals surface area contributed by atoms with Gasteiger partial charge in [-0.15, -0.1) is 0 Å². The summed E-state index contributed by atoms with van der Waals surface area (Å²) in [6, 6.07) is 17.0. The van der Waals surface area contributed by atoms with Crippen LogP contribution in [0.2, 0.25) is 5.02 Å². The summed E-state index contributed by atoms with van der Waals surface area (Å²) in [4.78, 5) is 19.8. The highest BCUT2D eigenvalue weighted by Gasteiger charge is 2.24. The van der Waals surface area contributed by atoms with E-state index in [4.69, 9.17) is 11.6 Å². The molecule has 1 fully saturated rings. The lowest BCUT2D eigenvalue weighted by atomic mass is 10.1. The molecule has 1 amide bonds. The number of rotatable bonds is 3. The van der Waals surface area contributed by atoms with E-state index in [-0.39, 0.29) is 11.7 Å². The molecule has 0 saturated carbocycles. The van der Waals surface area contributed by atoms with Gasteiger partial charge in [0.1, 0.15) is 11.5 Å². The molecule has 5 nitrogen and oxygen atoms in total. The normalized spacial score (nSPS) is 13.9. The maximum absolute atomic E-state index is 13.4. The Morgan fingerprint density at radius 1 is 0.900 bits per heavy atom. The van der Waals surface area contributed by atoms with Crippen molar-refractivity contribution in [2.24, 2.45) is 0 Å². The second-order valence-electron chi connectivity index (χ2n) is 7.34. The molecular formula is C23H18ClFN4O. The zero-order valence-electron chi connectivity index (χ0n) is 16.1. The first kappa shape index (κ1) is 18.8. The van der Waals surface area contributed by atoms with Crippen LogP contribution in [0.5, 0.6) is 0 Å². The molecular weight excluding hydrogens is 403 g/mol. The van der Waals surface area contributed by atoms with Crippen LogP contribution in [0.4, 0.5) is 4.39 Å². The number of halogens is 2. The molecule has 5 rings (SSSR count). The summed E-state index contributed by atoms with van der Waals surface area (Å²) in [6.07, 6.45) is 2.00. The summed E-state index contributed by atoms with van der Waals surface area (Å²) in [5.74, 6) is -0.392. The molecule has 2 aromatic heterocycles. The Kier molecular flexibility index (Phi) is 4.71.